The lowest BCUT2D eigenvalue weighted by Gasteiger charge is -2.37. The number of carboxylic acids is 1. The van der Waals surface area contributed by atoms with Gasteiger partial charge in [0.15, 0.2) is 0 Å². The van der Waals surface area contributed by atoms with Crippen molar-refractivity contribution in [2.75, 3.05) is 19.7 Å². The number of imide groups is 1. The highest BCUT2D eigenvalue weighted by Crippen LogP contribution is 2.33. The van der Waals surface area contributed by atoms with E-state index in [2.05, 4.69) is 18.7 Å². The zero-order valence-electron chi connectivity index (χ0n) is 21.0. The van der Waals surface area contributed by atoms with Crippen molar-refractivity contribution < 1.29 is 28.6 Å². The van der Waals surface area contributed by atoms with Crippen molar-refractivity contribution in [3.8, 4) is 5.75 Å². The Kier molecular flexibility index (Phi) is 9.68. The van der Waals surface area contributed by atoms with Gasteiger partial charge in [0.25, 0.3) is 0 Å². The van der Waals surface area contributed by atoms with E-state index < -0.39 is 17.8 Å². The van der Waals surface area contributed by atoms with Gasteiger partial charge in [-0.2, -0.15) is 0 Å². The molecule has 1 aromatic carbocycles. The molecule has 3 rings (SSSR count). The van der Waals surface area contributed by atoms with Crippen LogP contribution in [0.15, 0.2) is 41.2 Å². The number of nitrogens with zero attached hydrogens (tertiary/aromatic N) is 2. The maximum absolute atomic E-state index is 14.3. The normalized spacial score (nSPS) is 19.1. The first-order valence-electron chi connectivity index (χ1n) is 12.3. The number of hydrogen-bond donors (Lipinski definition) is 1. The molecule has 0 aromatic heterocycles. The molecule has 1 heterocycles. The third-order valence-electron chi connectivity index (χ3n) is 6.46. The lowest BCUT2D eigenvalue weighted by Crippen LogP contribution is -2.43. The summed E-state index contributed by atoms with van der Waals surface area (Å²) in [7, 11) is 0. The molecular weight excluding hydrogens is 487 g/mol. The van der Waals surface area contributed by atoms with Gasteiger partial charge < -0.3 is 9.84 Å². The summed E-state index contributed by atoms with van der Waals surface area (Å²) in [4.78, 5) is 38.6. The minimum atomic E-state index is -0.932. The predicted molar refractivity (Wildman–Crippen MR) is 135 cm³/mol. The van der Waals surface area contributed by atoms with Crippen molar-refractivity contribution in [1.29, 1.82) is 0 Å². The smallest absolute Gasteiger partial charge is 0.304 e. The van der Waals surface area contributed by atoms with E-state index >= 15 is 0 Å². The van der Waals surface area contributed by atoms with Crippen LogP contribution in [0.4, 0.5) is 4.39 Å². The molecule has 1 aromatic rings. The largest absolute Gasteiger partial charge is 0.491 e. The highest BCUT2D eigenvalue weighted by atomic mass is 35.5. The number of aliphatic carboxylic acids is 1. The standard InChI is InChI=1S/C27H34ClFN2O5/c1-17(2)15-30(23(14-27(34)35)20-5-6-21(28)22(29)13-20)16-19-4-7-24(18(3)12-19)36-11-10-31-25(32)8-9-26(31)33/h4,6-7,12-13,17,20,23H,5,8-11,14-16H2,1-3H3,(H,34,35)/t20?,23-/m0/s1. The second-order valence-electron chi connectivity index (χ2n) is 9.84. The number of carbonyl (C=O) groups excluding carboxylic acids is 2. The third kappa shape index (κ3) is 7.40. The summed E-state index contributed by atoms with van der Waals surface area (Å²) in [5, 5.41) is 9.68. The summed E-state index contributed by atoms with van der Waals surface area (Å²) in [6, 6.07) is 5.36. The van der Waals surface area contributed by atoms with Gasteiger partial charge in [-0.15, -0.1) is 0 Å². The average Bonchev–Trinajstić information content (AvgIpc) is 3.12. The van der Waals surface area contributed by atoms with Gasteiger partial charge in [0.05, 0.1) is 18.0 Å². The number of hydrogen-bond acceptors (Lipinski definition) is 5. The van der Waals surface area contributed by atoms with Crippen molar-refractivity contribution in [2.45, 2.75) is 59.0 Å². The SMILES string of the molecule is Cc1cc(CN(CC(C)C)[C@@H](CC(=O)O)C2C=C(F)C(Cl)=CC2)ccc1OCCN1C(=O)CCC1=O. The summed E-state index contributed by atoms with van der Waals surface area (Å²) >= 11 is 5.90. The molecule has 1 fully saturated rings. The summed E-state index contributed by atoms with van der Waals surface area (Å²) < 4.78 is 20.1. The first-order chi connectivity index (χ1) is 17.0. The van der Waals surface area contributed by atoms with E-state index in [-0.39, 0.29) is 61.1 Å². The molecule has 36 heavy (non-hydrogen) atoms. The minimum absolute atomic E-state index is 0.0698. The zero-order valence-corrected chi connectivity index (χ0v) is 21.8. The van der Waals surface area contributed by atoms with Gasteiger partial charge in [-0.3, -0.25) is 24.2 Å². The highest BCUT2D eigenvalue weighted by Gasteiger charge is 2.31. The van der Waals surface area contributed by atoms with Gasteiger partial charge in [-0.05, 0) is 48.4 Å². The van der Waals surface area contributed by atoms with Crippen LogP contribution in [-0.4, -0.2) is 58.4 Å². The number of amides is 2. The fourth-order valence-electron chi connectivity index (χ4n) is 4.78. The van der Waals surface area contributed by atoms with Gasteiger partial charge in [-0.1, -0.05) is 43.7 Å². The maximum atomic E-state index is 14.3. The molecule has 1 N–H and O–H groups in total. The quantitative estimate of drug-likeness (QED) is 0.398. The molecule has 0 radical (unpaired) electrons. The zero-order chi connectivity index (χ0) is 26.4. The van der Waals surface area contributed by atoms with Crippen LogP contribution >= 0.6 is 11.6 Å². The number of benzene rings is 1. The van der Waals surface area contributed by atoms with Gasteiger partial charge in [0, 0.05) is 32.0 Å². The van der Waals surface area contributed by atoms with Crippen LogP contribution in [0.25, 0.3) is 0 Å². The van der Waals surface area contributed by atoms with E-state index in [0.717, 1.165) is 11.1 Å². The molecule has 196 valence electrons. The Labute approximate surface area is 216 Å². The van der Waals surface area contributed by atoms with Crippen LogP contribution in [0, 0.1) is 18.8 Å². The second-order valence-corrected chi connectivity index (χ2v) is 10.2. The van der Waals surface area contributed by atoms with Gasteiger partial charge >= 0.3 is 5.97 Å². The Morgan fingerprint density at radius 2 is 1.97 bits per heavy atom. The summed E-state index contributed by atoms with van der Waals surface area (Å²) in [5.74, 6) is -1.14. The lowest BCUT2D eigenvalue weighted by atomic mass is 9.88. The average molecular weight is 521 g/mol. The van der Waals surface area contributed by atoms with Gasteiger partial charge in [0.2, 0.25) is 11.8 Å². The topological polar surface area (TPSA) is 87.2 Å². The molecule has 1 saturated heterocycles. The van der Waals surface area contributed by atoms with Crippen LogP contribution in [-0.2, 0) is 20.9 Å². The van der Waals surface area contributed by atoms with Crippen molar-refractivity contribution in [3.63, 3.8) is 0 Å². The molecular formula is C27H34ClFN2O5. The summed E-state index contributed by atoms with van der Waals surface area (Å²) in [6.45, 7) is 7.63. The molecule has 2 aliphatic rings. The summed E-state index contributed by atoms with van der Waals surface area (Å²) in [5.41, 5.74) is 1.87. The number of carboxylic acid groups (broad SMARTS) is 1. The number of ether oxygens (including phenoxy) is 1. The molecule has 2 atom stereocenters. The fraction of sp³-hybridized carbons (Fsp3) is 0.519. The lowest BCUT2D eigenvalue weighted by molar-refractivity contribution is -0.140. The minimum Gasteiger partial charge on any atom is -0.491 e. The van der Waals surface area contributed by atoms with Crippen LogP contribution < -0.4 is 4.74 Å². The number of likely N-dealkylation sites (tertiary alicyclic amines) is 1. The third-order valence-corrected chi connectivity index (χ3v) is 6.79. The Hall–Kier alpha value is -2.71. The van der Waals surface area contributed by atoms with Crippen LogP contribution in [0.3, 0.4) is 0 Å². The molecule has 1 aliphatic carbocycles. The van der Waals surface area contributed by atoms with E-state index in [1.165, 1.54) is 11.0 Å². The Bertz CT molecular complexity index is 1040. The predicted octanol–water partition coefficient (Wildman–Crippen LogP) is 4.82. The van der Waals surface area contributed by atoms with Gasteiger partial charge in [-0.25, -0.2) is 4.39 Å². The number of rotatable bonds is 12. The highest BCUT2D eigenvalue weighted by molar-refractivity contribution is 6.31. The molecule has 2 amide bonds. The maximum Gasteiger partial charge on any atom is 0.304 e. The number of aryl methyl sites for hydroxylation is 1. The molecule has 0 bridgehead atoms. The molecule has 1 unspecified atom stereocenters. The van der Waals surface area contributed by atoms with E-state index in [0.29, 0.717) is 25.3 Å². The Morgan fingerprint density at radius 1 is 1.28 bits per heavy atom. The molecule has 9 heteroatoms. The molecule has 0 spiro atoms. The van der Waals surface area contributed by atoms with E-state index in [1.54, 1.807) is 6.08 Å². The first-order valence-corrected chi connectivity index (χ1v) is 12.7. The van der Waals surface area contributed by atoms with E-state index in [4.69, 9.17) is 16.3 Å². The number of halogens is 2. The molecule has 7 nitrogen and oxygen atoms in total. The van der Waals surface area contributed by atoms with Crippen LogP contribution in [0.5, 0.6) is 5.75 Å². The molecule has 1 aliphatic heterocycles. The van der Waals surface area contributed by atoms with Crippen molar-refractivity contribution >= 4 is 29.4 Å². The number of allylic oxidation sites excluding steroid dienone is 3. The first kappa shape index (κ1) is 27.9. The van der Waals surface area contributed by atoms with E-state index in [9.17, 15) is 23.9 Å². The van der Waals surface area contributed by atoms with Crippen LogP contribution in [0.2, 0.25) is 0 Å². The Morgan fingerprint density at radius 3 is 2.56 bits per heavy atom. The Balaban J connectivity index is 1.72. The van der Waals surface area contributed by atoms with Crippen molar-refractivity contribution in [2.24, 2.45) is 11.8 Å². The van der Waals surface area contributed by atoms with Crippen molar-refractivity contribution in [3.05, 3.63) is 52.3 Å². The van der Waals surface area contributed by atoms with Crippen molar-refractivity contribution in [1.82, 2.24) is 9.80 Å². The summed E-state index contributed by atoms with van der Waals surface area (Å²) in [6.07, 6.45) is 3.95. The molecule has 0 saturated carbocycles. The monoisotopic (exact) mass is 520 g/mol. The number of carbonyl (C=O) groups is 3. The second kappa shape index (κ2) is 12.5. The van der Waals surface area contributed by atoms with Crippen LogP contribution in [0.1, 0.15) is 50.7 Å². The van der Waals surface area contributed by atoms with Gasteiger partial charge in [0.1, 0.15) is 18.2 Å². The van der Waals surface area contributed by atoms with E-state index in [1.807, 2.05) is 25.1 Å². The fourth-order valence-corrected chi connectivity index (χ4v) is 4.93.